The number of likely N-dealkylation sites (tertiary alicyclic amines) is 1. The predicted molar refractivity (Wildman–Crippen MR) is 91.6 cm³/mol. The average Bonchev–Trinajstić information content (AvgIpc) is 3.11. The van der Waals surface area contributed by atoms with Crippen LogP contribution in [0.15, 0.2) is 29.6 Å². The van der Waals surface area contributed by atoms with Gasteiger partial charge < -0.3 is 10.0 Å². The van der Waals surface area contributed by atoms with Gasteiger partial charge in [0.2, 0.25) is 5.91 Å². The number of carbonyl (C=O) groups excluding carboxylic acids is 1. The SMILES string of the molecule is C[C@@H]1CN(C(=O)CCCc2csc3ccccc23)C[C@H]1C(=O)O. The highest BCUT2D eigenvalue weighted by molar-refractivity contribution is 7.17. The number of benzene rings is 1. The normalized spacial score (nSPS) is 21.0. The van der Waals surface area contributed by atoms with E-state index >= 15 is 0 Å². The predicted octanol–water partition coefficient (Wildman–Crippen LogP) is 3.40. The number of amides is 1. The van der Waals surface area contributed by atoms with Crippen LogP contribution in [-0.2, 0) is 16.0 Å². The molecule has 122 valence electrons. The molecule has 1 aromatic heterocycles. The summed E-state index contributed by atoms with van der Waals surface area (Å²) in [5, 5.41) is 12.6. The second kappa shape index (κ2) is 6.71. The monoisotopic (exact) mass is 331 g/mol. The molecule has 0 spiro atoms. The number of rotatable bonds is 5. The molecular formula is C18H21NO3S. The molecule has 0 aliphatic carbocycles. The summed E-state index contributed by atoms with van der Waals surface area (Å²) in [5.74, 6) is -1.09. The van der Waals surface area contributed by atoms with Gasteiger partial charge in [0.25, 0.3) is 0 Å². The highest BCUT2D eigenvalue weighted by Crippen LogP contribution is 2.27. The molecule has 1 fully saturated rings. The highest BCUT2D eigenvalue weighted by Gasteiger charge is 2.36. The number of fused-ring (bicyclic) bond motifs is 1. The molecule has 2 aromatic rings. The zero-order chi connectivity index (χ0) is 16.4. The van der Waals surface area contributed by atoms with Crippen molar-refractivity contribution >= 4 is 33.3 Å². The molecule has 0 radical (unpaired) electrons. The van der Waals surface area contributed by atoms with E-state index in [0.29, 0.717) is 19.5 Å². The van der Waals surface area contributed by atoms with Gasteiger partial charge in [-0.05, 0) is 41.2 Å². The molecule has 3 rings (SSSR count). The molecule has 1 aliphatic rings. The van der Waals surface area contributed by atoms with Gasteiger partial charge in [-0.25, -0.2) is 0 Å². The smallest absolute Gasteiger partial charge is 0.308 e. The van der Waals surface area contributed by atoms with Gasteiger partial charge in [-0.1, -0.05) is 25.1 Å². The Kier molecular flexibility index (Phi) is 4.66. The van der Waals surface area contributed by atoms with E-state index in [4.69, 9.17) is 5.11 Å². The van der Waals surface area contributed by atoms with Gasteiger partial charge in [0.05, 0.1) is 5.92 Å². The lowest BCUT2D eigenvalue weighted by Gasteiger charge is -2.15. The van der Waals surface area contributed by atoms with Gasteiger partial charge in [-0.3, -0.25) is 9.59 Å². The zero-order valence-corrected chi connectivity index (χ0v) is 14.0. The van der Waals surface area contributed by atoms with Crippen molar-refractivity contribution in [3.05, 3.63) is 35.2 Å². The van der Waals surface area contributed by atoms with E-state index in [0.717, 1.165) is 12.8 Å². The Balaban J connectivity index is 1.53. The lowest BCUT2D eigenvalue weighted by atomic mass is 9.99. The molecule has 0 saturated carbocycles. The third-order valence-electron chi connectivity index (χ3n) is 4.68. The van der Waals surface area contributed by atoms with E-state index in [-0.39, 0.29) is 11.8 Å². The summed E-state index contributed by atoms with van der Waals surface area (Å²) in [5.41, 5.74) is 1.30. The summed E-state index contributed by atoms with van der Waals surface area (Å²) in [7, 11) is 0. The van der Waals surface area contributed by atoms with Crippen LogP contribution in [0.5, 0.6) is 0 Å². The number of carbonyl (C=O) groups is 2. The molecule has 1 saturated heterocycles. The average molecular weight is 331 g/mol. The number of nitrogens with zero attached hydrogens (tertiary/aromatic N) is 1. The Hall–Kier alpha value is -1.88. The molecule has 1 amide bonds. The Labute approximate surface area is 139 Å². The lowest BCUT2D eigenvalue weighted by molar-refractivity contribution is -0.142. The van der Waals surface area contributed by atoms with E-state index in [9.17, 15) is 9.59 Å². The fourth-order valence-electron chi connectivity index (χ4n) is 3.31. The minimum atomic E-state index is -0.794. The third-order valence-corrected chi connectivity index (χ3v) is 5.69. The molecule has 4 nitrogen and oxygen atoms in total. The molecular weight excluding hydrogens is 310 g/mol. The Bertz CT molecular complexity index is 724. The summed E-state index contributed by atoms with van der Waals surface area (Å²) < 4.78 is 1.28. The Morgan fingerprint density at radius 3 is 2.83 bits per heavy atom. The van der Waals surface area contributed by atoms with Crippen molar-refractivity contribution in [1.82, 2.24) is 4.90 Å². The van der Waals surface area contributed by atoms with E-state index in [1.807, 2.05) is 19.1 Å². The lowest BCUT2D eigenvalue weighted by Crippen LogP contribution is -2.29. The van der Waals surface area contributed by atoms with Crippen molar-refractivity contribution in [1.29, 1.82) is 0 Å². The van der Waals surface area contributed by atoms with Crippen LogP contribution in [0.4, 0.5) is 0 Å². The number of carboxylic acids is 1. The van der Waals surface area contributed by atoms with Gasteiger partial charge in [0.1, 0.15) is 0 Å². The van der Waals surface area contributed by atoms with Crippen molar-refractivity contribution in [2.24, 2.45) is 11.8 Å². The molecule has 1 N–H and O–H groups in total. The summed E-state index contributed by atoms with van der Waals surface area (Å²) in [6, 6.07) is 8.33. The first-order valence-electron chi connectivity index (χ1n) is 8.02. The topological polar surface area (TPSA) is 57.6 Å². The quantitative estimate of drug-likeness (QED) is 0.913. The standard InChI is InChI=1S/C18H21NO3S/c1-12-9-19(10-15(12)18(21)22)17(20)8-4-5-13-11-23-16-7-3-2-6-14(13)16/h2-3,6-7,11-12,15H,4-5,8-10H2,1H3,(H,21,22)/t12-,15-/m1/s1. The number of aliphatic carboxylic acids is 1. The van der Waals surface area contributed by atoms with E-state index in [2.05, 4.69) is 17.5 Å². The van der Waals surface area contributed by atoms with Crippen LogP contribution in [0.2, 0.25) is 0 Å². The van der Waals surface area contributed by atoms with Crippen LogP contribution in [0.1, 0.15) is 25.3 Å². The van der Waals surface area contributed by atoms with Crippen molar-refractivity contribution in [3.63, 3.8) is 0 Å². The number of thiophene rings is 1. The fraction of sp³-hybridized carbons (Fsp3) is 0.444. The number of aryl methyl sites for hydroxylation is 1. The van der Waals surface area contributed by atoms with E-state index in [1.54, 1.807) is 16.2 Å². The minimum Gasteiger partial charge on any atom is -0.481 e. The molecule has 1 aliphatic heterocycles. The van der Waals surface area contributed by atoms with Crippen LogP contribution in [0.25, 0.3) is 10.1 Å². The van der Waals surface area contributed by atoms with Crippen LogP contribution in [0.3, 0.4) is 0 Å². The molecule has 2 atom stereocenters. The van der Waals surface area contributed by atoms with Crippen molar-refractivity contribution in [2.75, 3.05) is 13.1 Å². The fourth-order valence-corrected chi connectivity index (χ4v) is 4.30. The molecule has 0 bridgehead atoms. The molecule has 23 heavy (non-hydrogen) atoms. The second-order valence-corrected chi connectivity index (χ2v) is 7.24. The first-order valence-corrected chi connectivity index (χ1v) is 8.90. The third kappa shape index (κ3) is 3.39. The van der Waals surface area contributed by atoms with E-state index < -0.39 is 11.9 Å². The van der Waals surface area contributed by atoms with Gasteiger partial charge in [-0.15, -0.1) is 11.3 Å². The van der Waals surface area contributed by atoms with Crippen molar-refractivity contribution in [2.45, 2.75) is 26.2 Å². The molecule has 0 unspecified atom stereocenters. The van der Waals surface area contributed by atoms with Crippen molar-refractivity contribution in [3.8, 4) is 0 Å². The van der Waals surface area contributed by atoms with Crippen LogP contribution in [-0.4, -0.2) is 35.0 Å². The molecule has 5 heteroatoms. The largest absolute Gasteiger partial charge is 0.481 e. The highest BCUT2D eigenvalue weighted by atomic mass is 32.1. The summed E-state index contributed by atoms with van der Waals surface area (Å²) in [6.45, 7) is 2.83. The van der Waals surface area contributed by atoms with Crippen LogP contribution in [0, 0.1) is 11.8 Å². The summed E-state index contributed by atoms with van der Waals surface area (Å²) in [6.07, 6.45) is 2.19. The maximum Gasteiger partial charge on any atom is 0.308 e. The first kappa shape index (κ1) is 16.0. The van der Waals surface area contributed by atoms with Gasteiger partial charge in [0, 0.05) is 24.2 Å². The minimum absolute atomic E-state index is 0.0391. The first-order chi connectivity index (χ1) is 11.1. The molecule has 1 aromatic carbocycles. The zero-order valence-electron chi connectivity index (χ0n) is 13.2. The number of carboxylic acid groups (broad SMARTS) is 1. The maximum atomic E-state index is 12.3. The molecule has 2 heterocycles. The van der Waals surface area contributed by atoms with Gasteiger partial charge in [0.15, 0.2) is 0 Å². The number of hydrogen-bond donors (Lipinski definition) is 1. The van der Waals surface area contributed by atoms with Gasteiger partial charge >= 0.3 is 5.97 Å². The summed E-state index contributed by atoms with van der Waals surface area (Å²) >= 11 is 1.74. The second-order valence-electron chi connectivity index (χ2n) is 6.33. The Morgan fingerprint density at radius 1 is 1.30 bits per heavy atom. The van der Waals surface area contributed by atoms with E-state index in [1.165, 1.54) is 15.6 Å². The number of hydrogen-bond acceptors (Lipinski definition) is 3. The maximum absolute atomic E-state index is 12.3. The van der Waals surface area contributed by atoms with Crippen molar-refractivity contribution < 1.29 is 14.7 Å². The van der Waals surface area contributed by atoms with Crippen LogP contribution >= 0.6 is 11.3 Å². The van der Waals surface area contributed by atoms with Crippen LogP contribution < -0.4 is 0 Å². The Morgan fingerprint density at radius 2 is 2.09 bits per heavy atom. The van der Waals surface area contributed by atoms with Gasteiger partial charge in [-0.2, -0.15) is 0 Å². The summed E-state index contributed by atoms with van der Waals surface area (Å²) in [4.78, 5) is 25.1.